The highest BCUT2D eigenvalue weighted by atomic mass is 35.5. The van der Waals surface area contributed by atoms with Gasteiger partial charge in [-0.2, -0.15) is 0 Å². The fourth-order valence-electron chi connectivity index (χ4n) is 1.78. The van der Waals surface area contributed by atoms with Gasteiger partial charge in [-0.1, -0.05) is 41.9 Å². The molecule has 0 fully saturated rings. The Balaban J connectivity index is 1.98. The van der Waals surface area contributed by atoms with Crippen LogP contribution in [0.15, 0.2) is 48.5 Å². The van der Waals surface area contributed by atoms with Crippen LogP contribution in [-0.2, 0) is 0 Å². The standard InChI is InChI=1S/C15H12ClNO4/c16-12-6-7-15(13(10-12)17(19)20)21-9-8-14(18)11-4-2-1-3-5-11/h1-7,10H,8-9H2. The van der Waals surface area contributed by atoms with Crippen LogP contribution in [0.1, 0.15) is 16.8 Å². The number of carbonyl (C=O) groups excluding carboxylic acids is 1. The third-order valence-electron chi connectivity index (χ3n) is 2.80. The van der Waals surface area contributed by atoms with Crippen LogP contribution >= 0.6 is 11.6 Å². The van der Waals surface area contributed by atoms with Crippen molar-refractivity contribution in [1.29, 1.82) is 0 Å². The predicted octanol–water partition coefficient (Wildman–Crippen LogP) is 3.90. The molecule has 0 aliphatic heterocycles. The van der Waals surface area contributed by atoms with Crippen LogP contribution in [0, 0.1) is 10.1 Å². The Hall–Kier alpha value is -2.40. The molecule has 5 nitrogen and oxygen atoms in total. The summed E-state index contributed by atoms with van der Waals surface area (Å²) in [4.78, 5) is 22.2. The Morgan fingerprint density at radius 3 is 2.57 bits per heavy atom. The van der Waals surface area contributed by atoms with E-state index >= 15 is 0 Å². The molecule has 0 spiro atoms. The summed E-state index contributed by atoms with van der Waals surface area (Å²) in [7, 11) is 0. The summed E-state index contributed by atoms with van der Waals surface area (Å²) in [5.74, 6) is 0.0254. The van der Waals surface area contributed by atoms with E-state index in [-0.39, 0.29) is 35.3 Å². The fourth-order valence-corrected chi connectivity index (χ4v) is 1.94. The van der Waals surface area contributed by atoms with E-state index in [0.717, 1.165) is 0 Å². The zero-order chi connectivity index (χ0) is 15.2. The lowest BCUT2D eigenvalue weighted by Gasteiger charge is -2.06. The first-order valence-electron chi connectivity index (χ1n) is 6.23. The summed E-state index contributed by atoms with van der Waals surface area (Å²) in [6, 6.07) is 13.0. The maximum Gasteiger partial charge on any atom is 0.312 e. The van der Waals surface area contributed by atoms with Gasteiger partial charge in [-0.05, 0) is 12.1 Å². The molecule has 108 valence electrons. The van der Waals surface area contributed by atoms with Crippen LogP contribution in [0.25, 0.3) is 0 Å². The molecule has 0 N–H and O–H groups in total. The molecule has 0 saturated carbocycles. The lowest BCUT2D eigenvalue weighted by Crippen LogP contribution is -2.07. The van der Waals surface area contributed by atoms with E-state index in [1.165, 1.54) is 18.2 Å². The van der Waals surface area contributed by atoms with Gasteiger partial charge >= 0.3 is 5.69 Å². The highest BCUT2D eigenvalue weighted by Crippen LogP contribution is 2.29. The van der Waals surface area contributed by atoms with Gasteiger partial charge < -0.3 is 4.74 Å². The van der Waals surface area contributed by atoms with Gasteiger partial charge in [-0.25, -0.2) is 0 Å². The van der Waals surface area contributed by atoms with Crippen LogP contribution in [0.4, 0.5) is 5.69 Å². The molecular weight excluding hydrogens is 294 g/mol. The van der Waals surface area contributed by atoms with Crippen molar-refractivity contribution in [2.75, 3.05) is 6.61 Å². The first kappa shape index (κ1) is 15.0. The van der Waals surface area contributed by atoms with Crippen molar-refractivity contribution in [3.63, 3.8) is 0 Å². The second-order valence-electron chi connectivity index (χ2n) is 4.26. The molecule has 0 saturated heterocycles. The predicted molar refractivity (Wildman–Crippen MR) is 79.0 cm³/mol. The fraction of sp³-hybridized carbons (Fsp3) is 0.133. The number of nitro benzene ring substituents is 1. The number of nitro groups is 1. The van der Waals surface area contributed by atoms with Gasteiger partial charge in [0.1, 0.15) is 0 Å². The number of benzene rings is 2. The van der Waals surface area contributed by atoms with Crippen LogP contribution in [-0.4, -0.2) is 17.3 Å². The SMILES string of the molecule is O=C(CCOc1ccc(Cl)cc1[N+](=O)[O-])c1ccccc1. The normalized spacial score (nSPS) is 10.1. The molecular formula is C15H12ClNO4. The minimum Gasteiger partial charge on any atom is -0.486 e. The van der Waals surface area contributed by atoms with E-state index in [2.05, 4.69) is 0 Å². The molecule has 0 aromatic heterocycles. The van der Waals surface area contributed by atoms with Gasteiger partial charge in [0, 0.05) is 23.1 Å². The van der Waals surface area contributed by atoms with E-state index in [9.17, 15) is 14.9 Å². The molecule has 2 aromatic rings. The Morgan fingerprint density at radius 2 is 1.90 bits per heavy atom. The third kappa shape index (κ3) is 4.03. The molecule has 2 rings (SSSR count). The minimum atomic E-state index is -0.569. The summed E-state index contributed by atoms with van der Waals surface area (Å²) in [6.07, 6.45) is 0.143. The maximum absolute atomic E-state index is 11.9. The molecule has 0 aliphatic carbocycles. The molecule has 0 unspecified atom stereocenters. The van der Waals surface area contributed by atoms with Crippen molar-refractivity contribution >= 4 is 23.1 Å². The smallest absolute Gasteiger partial charge is 0.312 e. The second-order valence-corrected chi connectivity index (χ2v) is 4.69. The summed E-state index contributed by atoms with van der Waals surface area (Å²) in [6.45, 7) is 0.0657. The zero-order valence-electron chi connectivity index (χ0n) is 11.0. The molecule has 0 atom stereocenters. The molecule has 0 bridgehead atoms. The zero-order valence-corrected chi connectivity index (χ0v) is 11.7. The molecule has 6 heteroatoms. The lowest BCUT2D eigenvalue weighted by atomic mass is 10.1. The number of halogens is 1. The van der Waals surface area contributed by atoms with Crippen LogP contribution in [0.2, 0.25) is 5.02 Å². The van der Waals surface area contributed by atoms with E-state index < -0.39 is 4.92 Å². The average molecular weight is 306 g/mol. The Kier molecular flexibility index (Phi) is 4.90. The first-order chi connectivity index (χ1) is 10.1. The van der Waals surface area contributed by atoms with Crippen molar-refractivity contribution in [3.8, 4) is 5.75 Å². The molecule has 21 heavy (non-hydrogen) atoms. The van der Waals surface area contributed by atoms with Crippen LogP contribution in [0.3, 0.4) is 0 Å². The maximum atomic E-state index is 11.9. The number of ketones is 1. The Morgan fingerprint density at radius 1 is 1.19 bits per heavy atom. The van der Waals surface area contributed by atoms with E-state index in [4.69, 9.17) is 16.3 Å². The van der Waals surface area contributed by atoms with E-state index in [1.807, 2.05) is 6.07 Å². The van der Waals surface area contributed by atoms with Gasteiger partial charge in [-0.15, -0.1) is 0 Å². The average Bonchev–Trinajstić information content (AvgIpc) is 2.49. The molecule has 0 radical (unpaired) electrons. The topological polar surface area (TPSA) is 69.4 Å². The van der Waals surface area contributed by atoms with Crippen molar-refractivity contribution in [3.05, 3.63) is 69.2 Å². The minimum absolute atomic E-state index is 0.0657. The van der Waals surface area contributed by atoms with Crippen LogP contribution in [0.5, 0.6) is 5.75 Å². The Labute approximate surface area is 126 Å². The highest BCUT2D eigenvalue weighted by molar-refractivity contribution is 6.30. The lowest BCUT2D eigenvalue weighted by molar-refractivity contribution is -0.385. The quantitative estimate of drug-likeness (QED) is 0.461. The second kappa shape index (κ2) is 6.85. The summed E-state index contributed by atoms with van der Waals surface area (Å²) < 4.78 is 5.32. The molecule has 0 heterocycles. The van der Waals surface area contributed by atoms with Gasteiger partial charge in [0.05, 0.1) is 11.5 Å². The summed E-state index contributed by atoms with van der Waals surface area (Å²) >= 11 is 5.71. The molecule has 2 aromatic carbocycles. The largest absolute Gasteiger partial charge is 0.486 e. The Bertz CT molecular complexity index is 658. The van der Waals surface area contributed by atoms with Gasteiger partial charge in [-0.3, -0.25) is 14.9 Å². The number of Topliss-reactive ketones (excluding diaryl/α,β-unsaturated/α-hetero) is 1. The highest BCUT2D eigenvalue weighted by Gasteiger charge is 2.16. The number of hydrogen-bond acceptors (Lipinski definition) is 4. The van der Waals surface area contributed by atoms with Gasteiger partial charge in [0.15, 0.2) is 11.5 Å². The first-order valence-corrected chi connectivity index (χ1v) is 6.60. The van der Waals surface area contributed by atoms with Crippen molar-refractivity contribution < 1.29 is 14.5 Å². The summed E-state index contributed by atoms with van der Waals surface area (Å²) in [5, 5.41) is 11.2. The molecule has 0 amide bonds. The number of nitrogens with zero attached hydrogens (tertiary/aromatic N) is 1. The summed E-state index contributed by atoms with van der Waals surface area (Å²) in [5.41, 5.74) is 0.376. The van der Waals surface area contributed by atoms with Gasteiger partial charge in [0.25, 0.3) is 0 Å². The van der Waals surface area contributed by atoms with Crippen LogP contribution < -0.4 is 4.74 Å². The number of carbonyl (C=O) groups is 1. The number of rotatable bonds is 6. The van der Waals surface area contributed by atoms with E-state index in [0.29, 0.717) is 5.56 Å². The monoisotopic (exact) mass is 305 g/mol. The van der Waals surface area contributed by atoms with Gasteiger partial charge in [0.2, 0.25) is 0 Å². The van der Waals surface area contributed by atoms with E-state index in [1.54, 1.807) is 24.3 Å². The third-order valence-corrected chi connectivity index (χ3v) is 3.04. The van der Waals surface area contributed by atoms with Crippen molar-refractivity contribution in [2.45, 2.75) is 6.42 Å². The van der Waals surface area contributed by atoms with Crippen molar-refractivity contribution in [1.82, 2.24) is 0 Å². The van der Waals surface area contributed by atoms with Crippen molar-refractivity contribution in [2.24, 2.45) is 0 Å². The number of hydrogen-bond donors (Lipinski definition) is 0. The molecule has 0 aliphatic rings. The number of ether oxygens (including phenoxy) is 1.